The largest absolute Gasteiger partial charge is 0.0688 e. The third kappa shape index (κ3) is 1.32. The quantitative estimate of drug-likeness (QED) is 0.456. The van der Waals surface area contributed by atoms with E-state index in [0.717, 1.165) is 0 Å². The van der Waals surface area contributed by atoms with E-state index in [-0.39, 0.29) is 0 Å². The lowest BCUT2D eigenvalue weighted by atomic mass is 9.70. The van der Waals surface area contributed by atoms with Crippen LogP contribution < -0.4 is 0 Å². The van der Waals surface area contributed by atoms with Crippen LogP contribution in [0.1, 0.15) is 55.4 Å². The molecule has 0 unspecified atom stereocenters. The molecule has 108 valence electrons. The molecule has 1 heterocycles. The molecule has 0 radical (unpaired) electrons. The van der Waals surface area contributed by atoms with Crippen molar-refractivity contribution in [3.63, 3.8) is 0 Å². The van der Waals surface area contributed by atoms with Crippen molar-refractivity contribution in [2.45, 2.75) is 96.3 Å². The Hall–Kier alpha value is 0.434. The van der Waals surface area contributed by atoms with Crippen LogP contribution in [0.15, 0.2) is 0 Å². The van der Waals surface area contributed by atoms with Crippen LogP contribution in [0.3, 0.4) is 0 Å². The van der Waals surface area contributed by atoms with Crippen LogP contribution in [-0.2, 0) is 0 Å². The first-order valence-electron chi connectivity index (χ1n) is 7.50. The first-order chi connectivity index (χ1) is 7.50. The second-order valence-corrected chi connectivity index (χ2v) is 21.8. The summed E-state index contributed by atoms with van der Waals surface area (Å²) in [6.45, 7) is 31.2. The average Bonchev–Trinajstić information content (AvgIpc) is 2.14. The van der Waals surface area contributed by atoms with Crippen LogP contribution in [0.5, 0.6) is 0 Å². The van der Waals surface area contributed by atoms with Crippen molar-refractivity contribution >= 4 is 16.1 Å². The molecule has 1 fully saturated rings. The molecule has 0 N–H and O–H groups in total. The second kappa shape index (κ2) is 3.55. The van der Waals surface area contributed by atoms with Crippen molar-refractivity contribution in [3.05, 3.63) is 0 Å². The molecule has 1 saturated heterocycles. The van der Waals surface area contributed by atoms with Gasteiger partial charge in [0.25, 0.3) is 0 Å². The topological polar surface area (TPSA) is 0 Å². The van der Waals surface area contributed by atoms with Gasteiger partial charge in [0.15, 0.2) is 0 Å². The standard InChI is InChI=1S/C16H36Si2/c1-13(2)14(3,4)17(9,10)16(7,8)18(11,12)15(13,5)6/h1-12H3. The molecular weight excluding hydrogens is 248 g/mol. The van der Waals surface area contributed by atoms with Gasteiger partial charge in [-0.3, -0.25) is 0 Å². The van der Waals surface area contributed by atoms with E-state index in [1.54, 1.807) is 0 Å². The van der Waals surface area contributed by atoms with Gasteiger partial charge in [-0.2, -0.15) is 0 Å². The van der Waals surface area contributed by atoms with Gasteiger partial charge in [-0.25, -0.2) is 0 Å². The predicted molar refractivity (Wildman–Crippen MR) is 90.9 cm³/mol. The molecule has 0 atom stereocenters. The molecule has 0 bridgehead atoms. The molecule has 0 aromatic rings. The van der Waals surface area contributed by atoms with E-state index in [9.17, 15) is 0 Å². The smallest absolute Gasteiger partial charge is 0.0566 e. The Morgan fingerprint density at radius 3 is 0.944 bits per heavy atom. The van der Waals surface area contributed by atoms with Crippen LogP contribution in [-0.4, -0.2) is 16.1 Å². The van der Waals surface area contributed by atoms with E-state index in [0.29, 0.717) is 20.2 Å². The average molecular weight is 285 g/mol. The maximum Gasteiger partial charge on any atom is 0.0566 e. The van der Waals surface area contributed by atoms with Crippen molar-refractivity contribution in [3.8, 4) is 0 Å². The van der Waals surface area contributed by atoms with Gasteiger partial charge in [0.2, 0.25) is 0 Å². The molecule has 1 aliphatic rings. The fraction of sp³-hybridized carbons (Fsp3) is 1.00. The minimum Gasteiger partial charge on any atom is -0.0688 e. The van der Waals surface area contributed by atoms with Gasteiger partial charge in [-0.1, -0.05) is 81.6 Å². The molecule has 18 heavy (non-hydrogen) atoms. The third-order valence-corrected chi connectivity index (χ3v) is 26.9. The van der Waals surface area contributed by atoms with Crippen molar-refractivity contribution in [1.82, 2.24) is 0 Å². The zero-order valence-electron chi connectivity index (χ0n) is 15.0. The summed E-state index contributed by atoms with van der Waals surface area (Å²) in [7, 11) is -2.69. The van der Waals surface area contributed by atoms with Gasteiger partial charge >= 0.3 is 0 Å². The van der Waals surface area contributed by atoms with Gasteiger partial charge in [0.05, 0.1) is 16.1 Å². The van der Waals surface area contributed by atoms with Gasteiger partial charge in [0.1, 0.15) is 0 Å². The Balaban J connectivity index is 3.72. The molecule has 1 aliphatic heterocycles. The molecular formula is C16H36Si2. The fourth-order valence-electron chi connectivity index (χ4n) is 4.69. The van der Waals surface area contributed by atoms with Crippen LogP contribution in [0.25, 0.3) is 0 Å². The highest BCUT2D eigenvalue weighted by molar-refractivity contribution is 7.03. The monoisotopic (exact) mass is 284 g/mol. The maximum atomic E-state index is 2.65. The Labute approximate surface area is 118 Å². The Morgan fingerprint density at radius 1 is 0.500 bits per heavy atom. The van der Waals surface area contributed by atoms with Gasteiger partial charge in [0, 0.05) is 0 Å². The summed E-state index contributed by atoms with van der Waals surface area (Å²) in [5.74, 6) is 0. The van der Waals surface area contributed by atoms with Gasteiger partial charge in [-0.05, 0) is 20.2 Å². The van der Waals surface area contributed by atoms with Gasteiger partial charge in [-0.15, -0.1) is 0 Å². The summed E-state index contributed by atoms with van der Waals surface area (Å²) >= 11 is 0. The summed E-state index contributed by atoms with van der Waals surface area (Å²) in [4.78, 5) is 0. The SMILES string of the molecule is CC1(C)C(C)(C)[Si](C)(C)C(C)(C)[Si](C)(C)C1(C)C. The summed E-state index contributed by atoms with van der Waals surface area (Å²) in [5.41, 5.74) is 0.418. The van der Waals surface area contributed by atoms with Crippen molar-refractivity contribution in [1.29, 1.82) is 0 Å². The Kier molecular flexibility index (Phi) is 3.25. The van der Waals surface area contributed by atoms with Crippen molar-refractivity contribution in [2.75, 3.05) is 0 Å². The van der Waals surface area contributed by atoms with Crippen LogP contribution in [0.4, 0.5) is 0 Å². The van der Waals surface area contributed by atoms with E-state index in [4.69, 9.17) is 0 Å². The number of hydrogen-bond acceptors (Lipinski definition) is 0. The van der Waals surface area contributed by atoms with Crippen molar-refractivity contribution < 1.29 is 0 Å². The molecule has 0 aliphatic carbocycles. The van der Waals surface area contributed by atoms with E-state index >= 15 is 0 Å². The summed E-state index contributed by atoms with van der Waals surface area (Å²) in [6.07, 6.45) is 0. The molecule has 0 aromatic carbocycles. The first-order valence-corrected chi connectivity index (χ1v) is 13.5. The fourth-order valence-corrected chi connectivity index (χ4v) is 19.8. The third-order valence-electron chi connectivity index (χ3n) is 9.38. The Bertz CT molecular complexity index is 240. The first kappa shape index (κ1) is 16.5. The molecule has 0 aromatic heterocycles. The zero-order chi connectivity index (χ0) is 15.0. The molecule has 0 amide bonds. The lowest BCUT2D eigenvalue weighted by Crippen LogP contribution is -2.73. The van der Waals surface area contributed by atoms with E-state index in [1.165, 1.54) is 0 Å². The minimum absolute atomic E-state index is 0.418. The Morgan fingerprint density at radius 2 is 0.722 bits per heavy atom. The normalized spacial score (nSPS) is 34.0. The lowest BCUT2D eigenvalue weighted by molar-refractivity contribution is 0.159. The second-order valence-electron chi connectivity index (χ2n) is 9.75. The zero-order valence-corrected chi connectivity index (χ0v) is 17.0. The highest BCUT2D eigenvalue weighted by atomic mass is 28.4. The van der Waals surface area contributed by atoms with E-state index < -0.39 is 16.1 Å². The van der Waals surface area contributed by atoms with Crippen molar-refractivity contribution in [2.24, 2.45) is 5.41 Å². The highest BCUT2D eigenvalue weighted by Crippen LogP contribution is 2.78. The molecule has 0 spiro atoms. The molecule has 0 nitrogen and oxygen atoms in total. The van der Waals surface area contributed by atoms with E-state index in [1.807, 2.05) is 0 Å². The van der Waals surface area contributed by atoms with Crippen LogP contribution >= 0.6 is 0 Å². The lowest BCUT2D eigenvalue weighted by Gasteiger charge is -2.75. The number of rotatable bonds is 0. The summed E-state index contributed by atoms with van der Waals surface area (Å²) in [5, 5.41) is 0.936. The minimum atomic E-state index is -1.34. The number of hydrogen-bond donors (Lipinski definition) is 0. The molecule has 0 saturated carbocycles. The summed E-state index contributed by atoms with van der Waals surface area (Å²) in [6, 6.07) is 0. The predicted octanol–water partition coefficient (Wildman–Crippen LogP) is 6.32. The maximum absolute atomic E-state index is 2.65. The van der Waals surface area contributed by atoms with Crippen LogP contribution in [0, 0.1) is 5.41 Å². The molecule has 2 heteroatoms. The van der Waals surface area contributed by atoms with E-state index in [2.05, 4.69) is 81.6 Å². The van der Waals surface area contributed by atoms with Crippen LogP contribution in [0.2, 0.25) is 40.9 Å². The van der Waals surface area contributed by atoms with Gasteiger partial charge < -0.3 is 0 Å². The highest BCUT2D eigenvalue weighted by Gasteiger charge is 2.73. The molecule has 1 rings (SSSR count). The summed E-state index contributed by atoms with van der Waals surface area (Å²) < 4.78 is 0.572.